The molecule has 2 atom stereocenters. The molecule has 0 radical (unpaired) electrons. The van der Waals surface area contributed by atoms with Gasteiger partial charge in [0, 0.05) is 12.6 Å². The van der Waals surface area contributed by atoms with Crippen molar-refractivity contribution < 1.29 is 4.74 Å². The van der Waals surface area contributed by atoms with Gasteiger partial charge >= 0.3 is 0 Å². The second-order valence-corrected chi connectivity index (χ2v) is 6.68. The van der Waals surface area contributed by atoms with E-state index in [4.69, 9.17) is 10.5 Å². The number of benzene rings is 1. The molecule has 20 heavy (non-hydrogen) atoms. The van der Waals surface area contributed by atoms with Crippen molar-refractivity contribution in [3.05, 3.63) is 35.9 Å². The van der Waals surface area contributed by atoms with E-state index < -0.39 is 0 Å². The highest BCUT2D eigenvalue weighted by Crippen LogP contribution is 2.45. The summed E-state index contributed by atoms with van der Waals surface area (Å²) in [5.74, 6) is 0.680. The van der Waals surface area contributed by atoms with Crippen LogP contribution >= 0.6 is 0 Å². The molecule has 1 aromatic rings. The zero-order chi connectivity index (χ0) is 13.8. The van der Waals surface area contributed by atoms with Gasteiger partial charge in [-0.25, -0.2) is 0 Å². The lowest BCUT2D eigenvalue weighted by Crippen LogP contribution is -2.49. The Bertz CT molecular complexity index is 413. The summed E-state index contributed by atoms with van der Waals surface area (Å²) in [5.41, 5.74) is 8.13. The van der Waals surface area contributed by atoms with Gasteiger partial charge in [-0.3, -0.25) is 0 Å². The predicted octanol–water partition coefficient (Wildman–Crippen LogP) is 3.69. The van der Waals surface area contributed by atoms with Gasteiger partial charge in [0.15, 0.2) is 0 Å². The first kappa shape index (κ1) is 14.1. The molecule has 2 aliphatic rings. The Morgan fingerprint density at radius 2 is 2.05 bits per heavy atom. The van der Waals surface area contributed by atoms with Crippen LogP contribution in [0.3, 0.4) is 0 Å². The summed E-state index contributed by atoms with van der Waals surface area (Å²) in [6.45, 7) is 0.928. The van der Waals surface area contributed by atoms with Gasteiger partial charge in [-0.1, -0.05) is 30.3 Å². The van der Waals surface area contributed by atoms with Crippen LogP contribution in [0.2, 0.25) is 0 Å². The summed E-state index contributed by atoms with van der Waals surface area (Å²) < 4.78 is 6.00. The van der Waals surface area contributed by atoms with Crippen LogP contribution in [0.25, 0.3) is 0 Å². The Morgan fingerprint density at radius 1 is 1.25 bits per heavy atom. The standard InChI is InChI=1S/C18H27NO/c19-17(9-4-8-15-6-2-1-3-7-15)16-10-13-20-18(14-16)11-5-12-18/h1-3,6-7,16-17H,4-5,8-14,19H2. The maximum absolute atomic E-state index is 6.46. The molecule has 1 saturated carbocycles. The van der Waals surface area contributed by atoms with Crippen LogP contribution in [-0.2, 0) is 11.2 Å². The highest BCUT2D eigenvalue weighted by Gasteiger charge is 2.43. The van der Waals surface area contributed by atoms with Crippen molar-refractivity contribution in [2.75, 3.05) is 6.61 Å². The Morgan fingerprint density at radius 3 is 2.75 bits per heavy atom. The first-order chi connectivity index (χ1) is 9.77. The summed E-state index contributed by atoms with van der Waals surface area (Å²) in [6.07, 6.45) is 9.75. The van der Waals surface area contributed by atoms with Crippen molar-refractivity contribution in [2.45, 2.75) is 63.0 Å². The maximum Gasteiger partial charge on any atom is 0.0685 e. The van der Waals surface area contributed by atoms with Gasteiger partial charge < -0.3 is 10.5 Å². The number of nitrogens with two attached hydrogens (primary N) is 1. The number of hydrogen-bond acceptors (Lipinski definition) is 2. The molecule has 110 valence electrons. The molecule has 2 N–H and O–H groups in total. The van der Waals surface area contributed by atoms with E-state index in [1.54, 1.807) is 0 Å². The molecule has 0 amide bonds. The summed E-state index contributed by atoms with van der Waals surface area (Å²) in [4.78, 5) is 0. The molecule has 3 rings (SSSR count). The van der Waals surface area contributed by atoms with Crippen LogP contribution in [0.4, 0.5) is 0 Å². The molecular formula is C18H27NO. The van der Waals surface area contributed by atoms with Gasteiger partial charge in [0.2, 0.25) is 0 Å². The minimum atomic E-state index is 0.236. The second-order valence-electron chi connectivity index (χ2n) is 6.68. The van der Waals surface area contributed by atoms with E-state index >= 15 is 0 Å². The summed E-state index contributed by atoms with van der Waals surface area (Å²) in [6, 6.07) is 11.1. The van der Waals surface area contributed by atoms with E-state index in [1.165, 1.54) is 37.7 Å². The molecule has 0 bridgehead atoms. The molecular weight excluding hydrogens is 246 g/mol. The van der Waals surface area contributed by atoms with Crippen LogP contribution in [0.15, 0.2) is 30.3 Å². The third kappa shape index (κ3) is 3.24. The highest BCUT2D eigenvalue weighted by molar-refractivity contribution is 5.14. The van der Waals surface area contributed by atoms with Gasteiger partial charge in [0.1, 0.15) is 0 Å². The molecule has 1 aliphatic heterocycles. The molecule has 2 heteroatoms. The zero-order valence-electron chi connectivity index (χ0n) is 12.4. The number of rotatable bonds is 5. The van der Waals surface area contributed by atoms with Crippen molar-refractivity contribution in [3.8, 4) is 0 Å². The van der Waals surface area contributed by atoms with Crippen LogP contribution in [0.1, 0.15) is 50.5 Å². The topological polar surface area (TPSA) is 35.2 Å². The molecule has 1 saturated heterocycles. The normalized spacial score (nSPS) is 26.1. The largest absolute Gasteiger partial charge is 0.375 e. The molecule has 0 aromatic heterocycles. The zero-order valence-corrected chi connectivity index (χ0v) is 12.4. The van der Waals surface area contributed by atoms with Crippen LogP contribution < -0.4 is 5.73 Å². The highest BCUT2D eigenvalue weighted by atomic mass is 16.5. The maximum atomic E-state index is 6.46. The van der Waals surface area contributed by atoms with Crippen molar-refractivity contribution in [1.29, 1.82) is 0 Å². The number of ether oxygens (including phenoxy) is 1. The quantitative estimate of drug-likeness (QED) is 0.888. The molecule has 1 aliphatic carbocycles. The summed E-state index contributed by atoms with van der Waals surface area (Å²) >= 11 is 0. The van der Waals surface area contributed by atoms with Crippen LogP contribution in [0.5, 0.6) is 0 Å². The van der Waals surface area contributed by atoms with Crippen molar-refractivity contribution in [1.82, 2.24) is 0 Å². The van der Waals surface area contributed by atoms with E-state index in [0.29, 0.717) is 12.0 Å². The Labute approximate surface area is 122 Å². The van der Waals surface area contributed by atoms with Crippen LogP contribution in [0, 0.1) is 5.92 Å². The number of aryl methyl sites for hydroxylation is 1. The minimum Gasteiger partial charge on any atom is -0.375 e. The fourth-order valence-electron chi connectivity index (χ4n) is 3.77. The third-order valence-corrected chi connectivity index (χ3v) is 5.25. The SMILES string of the molecule is NC(CCCc1ccccc1)C1CCOC2(CCC2)C1. The lowest BCUT2D eigenvalue weighted by atomic mass is 9.70. The van der Waals surface area contributed by atoms with Crippen molar-refractivity contribution in [3.63, 3.8) is 0 Å². The minimum absolute atomic E-state index is 0.236. The number of hydrogen-bond donors (Lipinski definition) is 1. The fraction of sp³-hybridized carbons (Fsp3) is 0.667. The van der Waals surface area contributed by atoms with Crippen molar-refractivity contribution in [2.24, 2.45) is 11.7 Å². The smallest absolute Gasteiger partial charge is 0.0685 e. The summed E-state index contributed by atoms with van der Waals surface area (Å²) in [5, 5.41) is 0. The van der Waals surface area contributed by atoms with E-state index in [9.17, 15) is 0 Å². The monoisotopic (exact) mass is 273 g/mol. The van der Waals surface area contributed by atoms with Gasteiger partial charge in [-0.15, -0.1) is 0 Å². The average molecular weight is 273 g/mol. The fourth-order valence-corrected chi connectivity index (χ4v) is 3.77. The predicted molar refractivity (Wildman–Crippen MR) is 82.6 cm³/mol. The van der Waals surface area contributed by atoms with Gasteiger partial charge in [-0.2, -0.15) is 0 Å². The van der Waals surface area contributed by atoms with Gasteiger partial charge in [-0.05, 0) is 62.8 Å². The first-order valence-electron chi connectivity index (χ1n) is 8.21. The van der Waals surface area contributed by atoms with E-state index in [1.807, 2.05) is 0 Å². The van der Waals surface area contributed by atoms with Crippen LogP contribution in [-0.4, -0.2) is 18.2 Å². The molecule has 1 heterocycles. The average Bonchev–Trinajstić information content (AvgIpc) is 2.47. The lowest BCUT2D eigenvalue weighted by molar-refractivity contribution is -0.146. The third-order valence-electron chi connectivity index (χ3n) is 5.25. The Kier molecular flexibility index (Phi) is 4.42. The van der Waals surface area contributed by atoms with Gasteiger partial charge in [0.25, 0.3) is 0 Å². The second kappa shape index (κ2) is 6.28. The molecule has 2 nitrogen and oxygen atoms in total. The lowest BCUT2D eigenvalue weighted by Gasteiger charge is -2.48. The molecule has 2 fully saturated rings. The van der Waals surface area contributed by atoms with Gasteiger partial charge in [0.05, 0.1) is 5.60 Å². The molecule has 2 unspecified atom stereocenters. The Hall–Kier alpha value is -0.860. The molecule has 1 spiro atoms. The summed E-state index contributed by atoms with van der Waals surface area (Å²) in [7, 11) is 0. The first-order valence-corrected chi connectivity index (χ1v) is 8.21. The van der Waals surface area contributed by atoms with Crippen molar-refractivity contribution >= 4 is 0 Å². The molecule has 1 aromatic carbocycles. The van der Waals surface area contributed by atoms with E-state index in [-0.39, 0.29) is 5.60 Å². The van der Waals surface area contributed by atoms with E-state index in [2.05, 4.69) is 30.3 Å². The van der Waals surface area contributed by atoms with E-state index in [0.717, 1.165) is 25.9 Å². The Balaban J connectivity index is 1.43.